The van der Waals surface area contributed by atoms with E-state index in [0.717, 1.165) is 31.2 Å². The van der Waals surface area contributed by atoms with Crippen molar-refractivity contribution >= 4 is 0 Å². The van der Waals surface area contributed by atoms with E-state index in [0.29, 0.717) is 6.04 Å². The molecule has 1 heterocycles. The number of hydrogen-bond acceptors (Lipinski definition) is 2. The summed E-state index contributed by atoms with van der Waals surface area (Å²) < 4.78 is 13.1. The van der Waals surface area contributed by atoms with E-state index < -0.39 is 0 Å². The van der Waals surface area contributed by atoms with Crippen LogP contribution in [0.15, 0.2) is 24.3 Å². The molecule has 86 valence electrons. The zero-order chi connectivity index (χ0) is 11.0. The van der Waals surface area contributed by atoms with Gasteiger partial charge in [-0.2, -0.15) is 0 Å². The van der Waals surface area contributed by atoms with Gasteiger partial charge >= 0.3 is 0 Å². The van der Waals surface area contributed by atoms with E-state index in [4.69, 9.17) is 0 Å². The summed E-state index contributed by atoms with van der Waals surface area (Å²) in [7, 11) is 0. The van der Waals surface area contributed by atoms with Crippen LogP contribution in [0.4, 0.5) is 4.39 Å². The van der Waals surface area contributed by atoms with E-state index in [1.54, 1.807) is 12.1 Å². The van der Waals surface area contributed by atoms with Gasteiger partial charge in [-0.3, -0.25) is 4.90 Å². The molecule has 1 aliphatic heterocycles. The highest BCUT2D eigenvalue weighted by Crippen LogP contribution is 2.30. The number of nitrogens with zero attached hydrogens (tertiary/aromatic N) is 1. The fraction of sp³-hybridized carbons (Fsp3) is 0.538. The molecule has 16 heavy (non-hydrogen) atoms. The molecule has 0 amide bonds. The molecule has 0 unspecified atom stereocenters. The summed E-state index contributed by atoms with van der Waals surface area (Å²) in [5, 5.41) is 3.47. The number of nitrogens with one attached hydrogen (secondary N) is 1. The van der Waals surface area contributed by atoms with Crippen LogP contribution in [0.3, 0.4) is 0 Å². The molecular formula is C13H17FN2. The summed E-state index contributed by atoms with van der Waals surface area (Å²) in [6.45, 7) is 3.17. The normalized spacial score (nSPS) is 26.9. The first kappa shape index (κ1) is 10.2. The number of piperazine rings is 1. The van der Waals surface area contributed by atoms with E-state index in [9.17, 15) is 4.39 Å². The number of hydrogen-bond donors (Lipinski definition) is 1. The van der Waals surface area contributed by atoms with E-state index in [1.165, 1.54) is 18.9 Å². The van der Waals surface area contributed by atoms with E-state index in [1.807, 2.05) is 6.07 Å². The maximum Gasteiger partial charge on any atom is 0.123 e. The van der Waals surface area contributed by atoms with Gasteiger partial charge in [0.05, 0.1) is 0 Å². The topological polar surface area (TPSA) is 15.3 Å². The van der Waals surface area contributed by atoms with Crippen LogP contribution >= 0.6 is 0 Å². The van der Waals surface area contributed by atoms with E-state index in [2.05, 4.69) is 10.2 Å². The highest BCUT2D eigenvalue weighted by Gasteiger charge is 2.32. The van der Waals surface area contributed by atoms with Gasteiger partial charge in [0.1, 0.15) is 5.82 Å². The van der Waals surface area contributed by atoms with Crippen LogP contribution in [0.5, 0.6) is 0 Å². The van der Waals surface area contributed by atoms with Gasteiger partial charge in [-0.05, 0) is 30.5 Å². The standard InChI is InChI=1S/C13H17FN2/c14-11-3-1-2-10(8-11)13-9-16(7-6-15-13)12-4-5-12/h1-3,8,12-13,15H,4-7,9H2/t13-/m0/s1. The second-order valence-corrected chi connectivity index (χ2v) is 4.79. The molecule has 1 aromatic carbocycles. The maximum absolute atomic E-state index is 13.1. The molecule has 0 spiro atoms. The largest absolute Gasteiger partial charge is 0.308 e. The van der Waals surface area contributed by atoms with Crippen molar-refractivity contribution in [3.8, 4) is 0 Å². The highest BCUT2D eigenvalue weighted by atomic mass is 19.1. The molecule has 3 rings (SSSR count). The van der Waals surface area contributed by atoms with Crippen molar-refractivity contribution in [1.29, 1.82) is 0 Å². The fourth-order valence-electron chi connectivity index (χ4n) is 2.49. The minimum atomic E-state index is -0.136. The lowest BCUT2D eigenvalue weighted by Crippen LogP contribution is -2.46. The van der Waals surface area contributed by atoms with Gasteiger partial charge in [0.2, 0.25) is 0 Å². The highest BCUT2D eigenvalue weighted by molar-refractivity contribution is 5.21. The molecule has 1 N–H and O–H groups in total. The van der Waals surface area contributed by atoms with Crippen molar-refractivity contribution in [3.63, 3.8) is 0 Å². The van der Waals surface area contributed by atoms with Gasteiger partial charge < -0.3 is 5.32 Å². The van der Waals surface area contributed by atoms with Crippen LogP contribution in [0.2, 0.25) is 0 Å². The van der Waals surface area contributed by atoms with Crippen LogP contribution < -0.4 is 5.32 Å². The maximum atomic E-state index is 13.1. The predicted molar refractivity (Wildman–Crippen MR) is 61.7 cm³/mol. The Balaban J connectivity index is 1.73. The molecular weight excluding hydrogens is 203 g/mol. The minimum Gasteiger partial charge on any atom is -0.308 e. The van der Waals surface area contributed by atoms with Crippen molar-refractivity contribution in [2.45, 2.75) is 24.9 Å². The van der Waals surface area contributed by atoms with Gasteiger partial charge in [-0.1, -0.05) is 12.1 Å². The molecule has 0 radical (unpaired) electrons. The van der Waals surface area contributed by atoms with Crippen molar-refractivity contribution < 1.29 is 4.39 Å². The first-order chi connectivity index (χ1) is 7.83. The lowest BCUT2D eigenvalue weighted by Gasteiger charge is -2.34. The van der Waals surface area contributed by atoms with E-state index in [-0.39, 0.29) is 5.82 Å². The summed E-state index contributed by atoms with van der Waals surface area (Å²) in [5.74, 6) is -0.136. The summed E-state index contributed by atoms with van der Waals surface area (Å²) in [5.41, 5.74) is 1.07. The van der Waals surface area contributed by atoms with Gasteiger partial charge in [-0.25, -0.2) is 4.39 Å². The van der Waals surface area contributed by atoms with Gasteiger partial charge in [0, 0.05) is 31.7 Å². The Bertz CT molecular complexity index is 376. The minimum absolute atomic E-state index is 0.136. The third-order valence-electron chi connectivity index (χ3n) is 3.52. The SMILES string of the molecule is Fc1cccc([C@@H]2CN(C3CC3)CCN2)c1. The third kappa shape index (κ3) is 2.11. The van der Waals surface area contributed by atoms with Gasteiger partial charge in [-0.15, -0.1) is 0 Å². The molecule has 2 nitrogen and oxygen atoms in total. The zero-order valence-electron chi connectivity index (χ0n) is 9.32. The fourth-order valence-corrected chi connectivity index (χ4v) is 2.49. The van der Waals surface area contributed by atoms with E-state index >= 15 is 0 Å². The Hall–Kier alpha value is -0.930. The monoisotopic (exact) mass is 220 g/mol. The molecule has 0 aromatic heterocycles. The Morgan fingerprint density at radius 3 is 2.94 bits per heavy atom. The van der Waals surface area contributed by atoms with Crippen LogP contribution in [0.25, 0.3) is 0 Å². The Morgan fingerprint density at radius 1 is 1.31 bits per heavy atom. The quantitative estimate of drug-likeness (QED) is 0.819. The number of halogens is 1. The Labute approximate surface area is 95.4 Å². The number of rotatable bonds is 2. The Morgan fingerprint density at radius 2 is 2.19 bits per heavy atom. The van der Waals surface area contributed by atoms with Gasteiger partial charge in [0.25, 0.3) is 0 Å². The molecule has 1 saturated heterocycles. The molecule has 0 bridgehead atoms. The summed E-state index contributed by atoms with van der Waals surface area (Å²) in [6.07, 6.45) is 2.69. The average Bonchev–Trinajstić information content (AvgIpc) is 3.13. The molecule has 1 aliphatic carbocycles. The van der Waals surface area contributed by atoms with Crippen molar-refractivity contribution in [2.75, 3.05) is 19.6 Å². The smallest absolute Gasteiger partial charge is 0.123 e. The molecule has 1 aromatic rings. The van der Waals surface area contributed by atoms with Crippen molar-refractivity contribution in [1.82, 2.24) is 10.2 Å². The first-order valence-corrected chi connectivity index (χ1v) is 6.06. The summed E-state index contributed by atoms with van der Waals surface area (Å²) in [6, 6.07) is 8.06. The average molecular weight is 220 g/mol. The van der Waals surface area contributed by atoms with Crippen LogP contribution in [-0.2, 0) is 0 Å². The van der Waals surface area contributed by atoms with Crippen LogP contribution in [0, 0.1) is 5.82 Å². The van der Waals surface area contributed by atoms with Crippen LogP contribution in [0.1, 0.15) is 24.4 Å². The van der Waals surface area contributed by atoms with Crippen molar-refractivity contribution in [3.05, 3.63) is 35.6 Å². The summed E-state index contributed by atoms with van der Waals surface area (Å²) in [4.78, 5) is 2.53. The molecule has 3 heteroatoms. The second-order valence-electron chi connectivity index (χ2n) is 4.79. The van der Waals surface area contributed by atoms with Crippen molar-refractivity contribution in [2.24, 2.45) is 0 Å². The van der Waals surface area contributed by atoms with Gasteiger partial charge in [0.15, 0.2) is 0 Å². The molecule has 2 fully saturated rings. The summed E-state index contributed by atoms with van der Waals surface area (Å²) >= 11 is 0. The number of benzene rings is 1. The molecule has 1 saturated carbocycles. The lowest BCUT2D eigenvalue weighted by molar-refractivity contribution is 0.192. The third-order valence-corrected chi connectivity index (χ3v) is 3.52. The predicted octanol–water partition coefficient (Wildman–Crippen LogP) is 1.93. The van der Waals surface area contributed by atoms with Crippen LogP contribution in [-0.4, -0.2) is 30.6 Å². The zero-order valence-corrected chi connectivity index (χ0v) is 9.32. The molecule has 2 aliphatic rings. The lowest BCUT2D eigenvalue weighted by atomic mass is 10.0. The Kier molecular flexibility index (Phi) is 2.65. The second kappa shape index (κ2) is 4.15. The molecule has 1 atom stereocenters. The first-order valence-electron chi connectivity index (χ1n) is 6.06.